The number of rotatable bonds is 2. The van der Waals surface area contributed by atoms with Gasteiger partial charge in [0.15, 0.2) is 0 Å². The van der Waals surface area contributed by atoms with Gasteiger partial charge in [-0.25, -0.2) is 0 Å². The molecule has 0 saturated heterocycles. The molecule has 0 rings (SSSR count). The van der Waals surface area contributed by atoms with Crippen LogP contribution in [0.25, 0.3) is 0 Å². The molecule has 0 aromatic rings. The van der Waals surface area contributed by atoms with E-state index < -0.39 is 49.4 Å². The Bertz CT molecular complexity index is 337. The summed E-state index contributed by atoms with van der Waals surface area (Å²) in [5.41, 5.74) is 0. The van der Waals surface area contributed by atoms with Crippen LogP contribution in [0.4, 0.5) is 70.2 Å². The van der Waals surface area contributed by atoms with Crippen LogP contribution in [0.2, 0.25) is 0 Å². The summed E-state index contributed by atoms with van der Waals surface area (Å²) in [6, 6.07) is 0. The van der Waals surface area contributed by atoms with Crippen LogP contribution < -0.4 is 0 Å². The maximum absolute atomic E-state index is 11.6. The molecule has 0 aliphatic carbocycles. The highest BCUT2D eigenvalue weighted by atomic mass is 19.4. The molecule has 0 aliphatic heterocycles. The number of hydrogen-bond acceptors (Lipinski definition) is 0. The molecule has 16 heteroatoms. The zero-order valence-corrected chi connectivity index (χ0v) is 10.5. The first-order valence-electron chi connectivity index (χ1n) is 4.94. The minimum atomic E-state index is -6.15. The Morgan fingerprint density at radius 3 is 0.542 bits per heavy atom. The predicted molar refractivity (Wildman–Crippen MR) is 43.3 cm³/mol. The molecule has 0 atom stereocenters. The quantitative estimate of drug-likeness (QED) is 0.476. The lowest BCUT2D eigenvalue weighted by Gasteiger charge is -2.20. The van der Waals surface area contributed by atoms with Gasteiger partial charge in [-0.05, 0) is 0 Å². The maximum atomic E-state index is 11.6. The third-order valence-electron chi connectivity index (χ3n) is 1.67. The summed E-state index contributed by atoms with van der Waals surface area (Å²) in [5.74, 6) is -11.4. The van der Waals surface area contributed by atoms with Crippen LogP contribution in [0.15, 0.2) is 0 Å². The summed E-state index contributed by atoms with van der Waals surface area (Å²) < 4.78 is 180. The SMILES string of the molecule is FC(F)(F)CC(F)(F)C(F)(F)F.FC(F)(F)CC(F)(F)C(F)(F)F. The minimum absolute atomic E-state index is 3.18. The van der Waals surface area contributed by atoms with Gasteiger partial charge in [0.1, 0.15) is 12.8 Å². The lowest BCUT2D eigenvalue weighted by atomic mass is 10.2. The number of halogens is 16. The minimum Gasteiger partial charge on any atom is -0.196 e. The van der Waals surface area contributed by atoms with Crippen molar-refractivity contribution in [3.05, 3.63) is 0 Å². The third-order valence-corrected chi connectivity index (χ3v) is 1.67. The second kappa shape index (κ2) is 7.01. The fourth-order valence-electron chi connectivity index (χ4n) is 0.704. The highest BCUT2D eigenvalue weighted by molar-refractivity contribution is 4.79. The van der Waals surface area contributed by atoms with Crippen molar-refractivity contribution < 1.29 is 70.2 Å². The topological polar surface area (TPSA) is 0 Å². The highest BCUT2D eigenvalue weighted by Crippen LogP contribution is 2.43. The van der Waals surface area contributed by atoms with E-state index in [4.69, 9.17) is 0 Å². The first-order valence-corrected chi connectivity index (χ1v) is 4.94. The average Bonchev–Trinajstić information content (AvgIpc) is 2.05. The molecule has 0 aromatic carbocycles. The van der Waals surface area contributed by atoms with Crippen molar-refractivity contribution in [1.29, 1.82) is 0 Å². The molecular formula is C8H4F16. The number of alkyl halides is 16. The van der Waals surface area contributed by atoms with Crippen molar-refractivity contribution in [3.63, 3.8) is 0 Å². The van der Waals surface area contributed by atoms with Crippen LogP contribution in [0.3, 0.4) is 0 Å². The fourth-order valence-corrected chi connectivity index (χ4v) is 0.704. The summed E-state index contributed by atoms with van der Waals surface area (Å²) in [6.07, 6.45) is -29.7. The smallest absolute Gasteiger partial charge is 0.196 e. The molecule has 0 fully saturated rings. The largest absolute Gasteiger partial charge is 0.453 e. The molecule has 0 N–H and O–H groups in total. The fraction of sp³-hybridized carbons (Fsp3) is 1.00. The van der Waals surface area contributed by atoms with E-state index in [1.165, 1.54) is 0 Å². The molecule has 0 spiro atoms. The molecule has 0 amide bonds. The van der Waals surface area contributed by atoms with Gasteiger partial charge in [0, 0.05) is 0 Å². The molecule has 0 nitrogen and oxygen atoms in total. The monoisotopic (exact) mass is 404 g/mol. The zero-order chi connectivity index (χ0) is 20.4. The highest BCUT2D eigenvalue weighted by Gasteiger charge is 2.63. The zero-order valence-electron chi connectivity index (χ0n) is 10.5. The summed E-state index contributed by atoms with van der Waals surface area (Å²) in [7, 11) is 0. The second-order valence-electron chi connectivity index (χ2n) is 3.99. The maximum Gasteiger partial charge on any atom is 0.453 e. The van der Waals surface area contributed by atoms with Crippen molar-refractivity contribution in [3.8, 4) is 0 Å². The molecule has 0 unspecified atom stereocenters. The van der Waals surface area contributed by atoms with E-state index in [0.29, 0.717) is 0 Å². The Morgan fingerprint density at radius 2 is 0.500 bits per heavy atom. The molecule has 148 valence electrons. The lowest BCUT2D eigenvalue weighted by molar-refractivity contribution is -0.313. The summed E-state index contributed by atoms with van der Waals surface area (Å²) in [5, 5.41) is 0. The second-order valence-corrected chi connectivity index (χ2v) is 3.99. The molecule has 0 radical (unpaired) electrons. The first-order chi connectivity index (χ1) is 9.91. The molecule has 0 saturated carbocycles. The van der Waals surface area contributed by atoms with Crippen molar-refractivity contribution in [2.75, 3.05) is 0 Å². The molecule has 0 heterocycles. The van der Waals surface area contributed by atoms with Gasteiger partial charge in [0.2, 0.25) is 0 Å². The van der Waals surface area contributed by atoms with Gasteiger partial charge in [-0.15, -0.1) is 0 Å². The van der Waals surface area contributed by atoms with Crippen molar-refractivity contribution in [2.45, 2.75) is 49.4 Å². The van der Waals surface area contributed by atoms with Gasteiger partial charge in [0.25, 0.3) is 0 Å². The van der Waals surface area contributed by atoms with E-state index in [0.717, 1.165) is 0 Å². The Balaban J connectivity index is 0. The number of hydrogen-bond donors (Lipinski definition) is 0. The third kappa shape index (κ3) is 9.89. The average molecular weight is 404 g/mol. The Kier molecular flexibility index (Phi) is 7.34. The predicted octanol–water partition coefficient (Wildman–Crippen LogP) is 6.27. The van der Waals surface area contributed by atoms with E-state index in [-0.39, 0.29) is 0 Å². The van der Waals surface area contributed by atoms with Crippen LogP contribution in [0.5, 0.6) is 0 Å². The van der Waals surface area contributed by atoms with Crippen LogP contribution in [0.1, 0.15) is 12.8 Å². The standard InChI is InChI=1S/2C4H2F8/c2*5-2(6,4(10,11)12)1-3(7,8)9/h2*1H2. The molecule has 0 aromatic heterocycles. The van der Waals surface area contributed by atoms with Gasteiger partial charge in [-0.3, -0.25) is 0 Å². The normalized spacial score (nSPS) is 15.0. The van der Waals surface area contributed by atoms with Gasteiger partial charge >= 0.3 is 36.6 Å². The van der Waals surface area contributed by atoms with Crippen molar-refractivity contribution in [1.82, 2.24) is 0 Å². The van der Waals surface area contributed by atoms with Crippen molar-refractivity contribution in [2.24, 2.45) is 0 Å². The molecule has 24 heavy (non-hydrogen) atoms. The van der Waals surface area contributed by atoms with Crippen LogP contribution >= 0.6 is 0 Å². The van der Waals surface area contributed by atoms with Gasteiger partial charge in [0.05, 0.1) is 0 Å². The Morgan fingerprint density at radius 1 is 0.333 bits per heavy atom. The lowest BCUT2D eigenvalue weighted by Crippen LogP contribution is -2.40. The molecule has 0 aliphatic rings. The van der Waals surface area contributed by atoms with Gasteiger partial charge < -0.3 is 0 Å². The molecular weight excluding hydrogens is 400 g/mol. The van der Waals surface area contributed by atoms with E-state index in [9.17, 15) is 70.2 Å². The van der Waals surface area contributed by atoms with Gasteiger partial charge in [-0.1, -0.05) is 0 Å². The Hall–Kier alpha value is -1.12. The van der Waals surface area contributed by atoms with Crippen LogP contribution in [0, 0.1) is 0 Å². The van der Waals surface area contributed by atoms with E-state index in [2.05, 4.69) is 0 Å². The summed E-state index contributed by atoms with van der Waals surface area (Å²) >= 11 is 0. The molecule has 0 bridgehead atoms. The van der Waals surface area contributed by atoms with E-state index in [1.807, 2.05) is 0 Å². The van der Waals surface area contributed by atoms with Gasteiger partial charge in [-0.2, -0.15) is 70.2 Å². The van der Waals surface area contributed by atoms with E-state index in [1.54, 1.807) is 0 Å². The Labute approximate surface area is 121 Å². The summed E-state index contributed by atoms with van der Waals surface area (Å²) in [6.45, 7) is 0. The first kappa shape index (κ1) is 25.1. The van der Waals surface area contributed by atoms with E-state index >= 15 is 0 Å². The van der Waals surface area contributed by atoms with Crippen molar-refractivity contribution >= 4 is 0 Å². The van der Waals surface area contributed by atoms with Crippen LogP contribution in [-0.2, 0) is 0 Å². The van der Waals surface area contributed by atoms with Crippen LogP contribution in [-0.4, -0.2) is 36.6 Å². The summed E-state index contributed by atoms with van der Waals surface area (Å²) in [4.78, 5) is 0.